The summed E-state index contributed by atoms with van der Waals surface area (Å²) in [5, 5.41) is 8.74. The molecule has 1 aliphatic heterocycles. The molecule has 0 bridgehead atoms. The van der Waals surface area contributed by atoms with Crippen LogP contribution in [-0.4, -0.2) is 53.3 Å². The lowest BCUT2D eigenvalue weighted by Crippen LogP contribution is -2.37. The van der Waals surface area contributed by atoms with E-state index < -0.39 is 0 Å². The molecule has 0 radical (unpaired) electrons. The van der Waals surface area contributed by atoms with Gasteiger partial charge in [0.25, 0.3) is 5.91 Å². The molecule has 0 aliphatic carbocycles. The topological polar surface area (TPSA) is 101 Å². The number of nitrogens with two attached hydrogens (primary N) is 1. The first-order chi connectivity index (χ1) is 10.2. The largest absolute Gasteiger partial charge is 0.394 e. The molecule has 0 saturated carbocycles. The Morgan fingerprint density at radius 2 is 2.24 bits per heavy atom. The molecular formula is C14H22N4O3. The third kappa shape index (κ3) is 4.75. The average Bonchev–Trinajstić information content (AvgIpc) is 2.54. The zero-order valence-corrected chi connectivity index (χ0v) is 12.0. The molecule has 116 valence electrons. The third-order valence-corrected chi connectivity index (χ3v) is 3.58. The predicted octanol–water partition coefficient (Wildman–Crippen LogP) is -0.342. The average molecular weight is 294 g/mol. The number of aliphatic hydroxyl groups is 1. The number of carbonyl (C=O) groups excluding carboxylic acids is 1. The van der Waals surface area contributed by atoms with E-state index in [1.165, 1.54) is 6.20 Å². The first-order valence-corrected chi connectivity index (χ1v) is 7.13. The van der Waals surface area contributed by atoms with Gasteiger partial charge in [-0.3, -0.25) is 20.1 Å². The molecule has 7 heteroatoms. The molecule has 0 spiro atoms. The van der Waals surface area contributed by atoms with Crippen molar-refractivity contribution in [2.75, 3.05) is 26.3 Å². The van der Waals surface area contributed by atoms with Gasteiger partial charge in [0.05, 0.1) is 30.6 Å². The number of nitrogens with zero attached hydrogens (tertiary/aromatic N) is 2. The lowest BCUT2D eigenvalue weighted by molar-refractivity contribution is -0.00919. The van der Waals surface area contributed by atoms with E-state index in [1.807, 2.05) is 6.07 Å². The van der Waals surface area contributed by atoms with Gasteiger partial charge in [0.15, 0.2) is 0 Å². The molecule has 0 atom stereocenters. The van der Waals surface area contributed by atoms with Crippen LogP contribution < -0.4 is 11.3 Å². The normalized spacial score (nSPS) is 16.9. The van der Waals surface area contributed by atoms with E-state index >= 15 is 0 Å². The number of likely N-dealkylation sites (tertiary alicyclic amines) is 1. The van der Waals surface area contributed by atoms with E-state index in [1.54, 1.807) is 6.07 Å². The lowest BCUT2D eigenvalue weighted by atomic mass is 10.1. The highest BCUT2D eigenvalue weighted by atomic mass is 16.5. The van der Waals surface area contributed by atoms with Gasteiger partial charge >= 0.3 is 0 Å². The van der Waals surface area contributed by atoms with Gasteiger partial charge in [-0.25, -0.2) is 5.84 Å². The molecule has 1 fully saturated rings. The van der Waals surface area contributed by atoms with Crippen LogP contribution in [0.2, 0.25) is 0 Å². The molecule has 1 saturated heterocycles. The van der Waals surface area contributed by atoms with Crippen LogP contribution in [0.25, 0.3) is 0 Å². The number of piperidine rings is 1. The highest BCUT2D eigenvalue weighted by Crippen LogP contribution is 2.15. The Bertz CT molecular complexity index is 444. The smallest absolute Gasteiger partial charge is 0.266 e. The molecule has 1 aliphatic rings. The Morgan fingerprint density at radius 3 is 2.81 bits per heavy atom. The number of nitrogens with one attached hydrogen (secondary N) is 1. The van der Waals surface area contributed by atoms with Crippen LogP contribution in [-0.2, 0) is 11.3 Å². The number of nitrogen functional groups attached to an aromatic ring is 1. The molecule has 1 amide bonds. The van der Waals surface area contributed by atoms with Gasteiger partial charge in [0.2, 0.25) is 0 Å². The Balaban J connectivity index is 1.79. The second-order valence-corrected chi connectivity index (χ2v) is 5.08. The molecule has 0 unspecified atom stereocenters. The van der Waals surface area contributed by atoms with E-state index in [9.17, 15) is 4.79 Å². The lowest BCUT2D eigenvalue weighted by Gasteiger charge is -2.31. The molecule has 7 nitrogen and oxygen atoms in total. The molecule has 2 rings (SSSR count). The molecule has 4 N–H and O–H groups in total. The van der Waals surface area contributed by atoms with Crippen LogP contribution in [0.4, 0.5) is 0 Å². The molecule has 21 heavy (non-hydrogen) atoms. The minimum atomic E-state index is -0.337. The van der Waals surface area contributed by atoms with Crippen molar-refractivity contribution in [3.63, 3.8) is 0 Å². The number of aromatic nitrogens is 1. The highest BCUT2D eigenvalue weighted by Gasteiger charge is 2.19. The summed E-state index contributed by atoms with van der Waals surface area (Å²) < 4.78 is 5.54. The number of pyridine rings is 1. The van der Waals surface area contributed by atoms with Crippen LogP contribution in [0.3, 0.4) is 0 Å². The zero-order chi connectivity index (χ0) is 15.1. The number of aliphatic hydroxyl groups excluding tert-OH is 1. The minimum Gasteiger partial charge on any atom is -0.394 e. The maximum Gasteiger partial charge on any atom is 0.266 e. The molecule has 1 aromatic rings. The van der Waals surface area contributed by atoms with E-state index in [-0.39, 0.29) is 18.6 Å². The quantitative estimate of drug-likeness (QED) is 0.377. The van der Waals surface area contributed by atoms with Crippen molar-refractivity contribution in [1.82, 2.24) is 15.3 Å². The number of amides is 1. The van der Waals surface area contributed by atoms with E-state index in [4.69, 9.17) is 15.7 Å². The zero-order valence-electron chi connectivity index (χ0n) is 12.0. The molecule has 1 aromatic heterocycles. The summed E-state index contributed by atoms with van der Waals surface area (Å²) in [6.07, 6.45) is 3.72. The van der Waals surface area contributed by atoms with Crippen molar-refractivity contribution in [2.45, 2.75) is 25.5 Å². The standard InChI is InChI=1S/C14H22N4O3/c15-17-14(20)11-1-2-12(16-9-11)10-18-5-3-13(4-6-18)21-8-7-19/h1-2,9,13,19H,3-8,10,15H2,(H,17,20). The summed E-state index contributed by atoms with van der Waals surface area (Å²) >= 11 is 0. The Hall–Kier alpha value is -1.54. The van der Waals surface area contributed by atoms with Gasteiger partial charge in [-0.15, -0.1) is 0 Å². The number of rotatable bonds is 6. The highest BCUT2D eigenvalue weighted by molar-refractivity contribution is 5.93. The summed E-state index contributed by atoms with van der Waals surface area (Å²) in [5.41, 5.74) is 3.47. The van der Waals surface area contributed by atoms with E-state index in [2.05, 4.69) is 15.3 Å². The van der Waals surface area contributed by atoms with Crippen LogP contribution in [0.1, 0.15) is 28.9 Å². The van der Waals surface area contributed by atoms with Crippen molar-refractivity contribution < 1.29 is 14.6 Å². The fraction of sp³-hybridized carbons (Fsp3) is 0.571. The molecular weight excluding hydrogens is 272 g/mol. The maximum absolute atomic E-state index is 11.3. The van der Waals surface area contributed by atoms with Crippen LogP contribution in [0.5, 0.6) is 0 Å². The van der Waals surface area contributed by atoms with Gasteiger partial charge in [-0.1, -0.05) is 0 Å². The fourth-order valence-corrected chi connectivity index (χ4v) is 2.42. The van der Waals surface area contributed by atoms with E-state index in [0.717, 1.165) is 38.2 Å². The van der Waals surface area contributed by atoms with Crippen LogP contribution in [0.15, 0.2) is 18.3 Å². The third-order valence-electron chi connectivity index (χ3n) is 3.58. The van der Waals surface area contributed by atoms with E-state index in [0.29, 0.717) is 12.2 Å². The predicted molar refractivity (Wildman–Crippen MR) is 77.2 cm³/mol. The van der Waals surface area contributed by atoms with Gasteiger partial charge in [-0.2, -0.15) is 0 Å². The molecule has 2 heterocycles. The number of ether oxygens (including phenoxy) is 1. The van der Waals surface area contributed by atoms with Crippen molar-refractivity contribution in [3.05, 3.63) is 29.6 Å². The first kappa shape index (κ1) is 15.8. The van der Waals surface area contributed by atoms with Crippen molar-refractivity contribution in [3.8, 4) is 0 Å². The second-order valence-electron chi connectivity index (χ2n) is 5.08. The SMILES string of the molecule is NNC(=O)c1ccc(CN2CCC(OCCO)CC2)nc1. The monoisotopic (exact) mass is 294 g/mol. The summed E-state index contributed by atoms with van der Waals surface area (Å²) in [6.45, 7) is 3.15. The van der Waals surface area contributed by atoms with Gasteiger partial charge in [-0.05, 0) is 25.0 Å². The number of hydrazine groups is 1. The summed E-state index contributed by atoms with van der Waals surface area (Å²) in [5.74, 6) is 4.74. The van der Waals surface area contributed by atoms with Crippen molar-refractivity contribution in [2.24, 2.45) is 5.84 Å². The summed E-state index contributed by atoms with van der Waals surface area (Å²) in [4.78, 5) is 17.9. The Labute approximate surface area is 124 Å². The summed E-state index contributed by atoms with van der Waals surface area (Å²) in [6, 6.07) is 3.57. The molecule has 0 aromatic carbocycles. The number of hydrogen-bond acceptors (Lipinski definition) is 6. The Morgan fingerprint density at radius 1 is 1.48 bits per heavy atom. The van der Waals surface area contributed by atoms with Gasteiger partial charge in [0, 0.05) is 25.8 Å². The van der Waals surface area contributed by atoms with Gasteiger partial charge in [0.1, 0.15) is 0 Å². The minimum absolute atomic E-state index is 0.0763. The number of carbonyl (C=O) groups is 1. The van der Waals surface area contributed by atoms with Crippen molar-refractivity contribution >= 4 is 5.91 Å². The summed E-state index contributed by atoms with van der Waals surface area (Å²) in [7, 11) is 0. The van der Waals surface area contributed by atoms with Crippen molar-refractivity contribution in [1.29, 1.82) is 0 Å². The van der Waals surface area contributed by atoms with Gasteiger partial charge < -0.3 is 9.84 Å². The first-order valence-electron chi connectivity index (χ1n) is 7.13. The van der Waals surface area contributed by atoms with Crippen LogP contribution in [0, 0.1) is 0 Å². The second kappa shape index (κ2) is 8.04. The fourth-order valence-electron chi connectivity index (χ4n) is 2.42. The maximum atomic E-state index is 11.3. The number of hydrogen-bond donors (Lipinski definition) is 3. The van der Waals surface area contributed by atoms with Crippen LogP contribution >= 0.6 is 0 Å². The Kier molecular flexibility index (Phi) is 6.06.